The zero-order valence-electron chi connectivity index (χ0n) is 14.5. The Morgan fingerprint density at radius 2 is 2.04 bits per heavy atom. The number of rotatable bonds is 5. The molecule has 26 heavy (non-hydrogen) atoms. The molecule has 3 amide bonds. The van der Waals surface area contributed by atoms with Crippen LogP contribution < -0.4 is 10.6 Å². The van der Waals surface area contributed by atoms with Gasteiger partial charge in [0.05, 0.1) is 5.41 Å². The van der Waals surface area contributed by atoms with Crippen LogP contribution >= 0.6 is 0 Å². The molecule has 1 saturated carbocycles. The van der Waals surface area contributed by atoms with Crippen molar-refractivity contribution >= 4 is 23.6 Å². The number of likely N-dealkylation sites (tertiary alicyclic amines) is 1. The van der Waals surface area contributed by atoms with Gasteiger partial charge in [-0.15, -0.1) is 6.58 Å². The summed E-state index contributed by atoms with van der Waals surface area (Å²) >= 11 is 0. The summed E-state index contributed by atoms with van der Waals surface area (Å²) in [7, 11) is 0. The van der Waals surface area contributed by atoms with Crippen LogP contribution in [0, 0.1) is 11.3 Å². The summed E-state index contributed by atoms with van der Waals surface area (Å²) in [6, 6.07) is 6.27. The van der Waals surface area contributed by atoms with Crippen molar-refractivity contribution in [1.82, 2.24) is 10.2 Å². The van der Waals surface area contributed by atoms with Crippen molar-refractivity contribution < 1.29 is 19.5 Å². The number of amides is 3. The standard InChI is InChI=1S/C19H23N3O4/c1-2-10-20-16(23)13-5-7-15(8-6-13)21-18(26)22-11-14-4-3-9-19(14,12-22)17(24)25/h2,5-8,14H,1,3-4,9-12H2,(H,20,23)(H,21,26)(H,24,25)/t14-,19+/m0/s1. The lowest BCUT2D eigenvalue weighted by atomic mass is 9.81. The van der Waals surface area contributed by atoms with E-state index in [1.54, 1.807) is 35.2 Å². The number of hydrogen-bond acceptors (Lipinski definition) is 3. The Morgan fingerprint density at radius 3 is 2.65 bits per heavy atom. The van der Waals surface area contributed by atoms with Gasteiger partial charge in [0.1, 0.15) is 0 Å². The maximum Gasteiger partial charge on any atom is 0.321 e. The van der Waals surface area contributed by atoms with Crippen molar-refractivity contribution in [3.8, 4) is 0 Å². The predicted molar refractivity (Wildman–Crippen MR) is 97.0 cm³/mol. The van der Waals surface area contributed by atoms with Gasteiger partial charge in [-0.2, -0.15) is 0 Å². The van der Waals surface area contributed by atoms with E-state index in [9.17, 15) is 19.5 Å². The second kappa shape index (κ2) is 7.19. The van der Waals surface area contributed by atoms with E-state index in [2.05, 4.69) is 17.2 Å². The number of fused-ring (bicyclic) bond motifs is 1. The summed E-state index contributed by atoms with van der Waals surface area (Å²) < 4.78 is 0. The van der Waals surface area contributed by atoms with Crippen LogP contribution in [0.1, 0.15) is 29.6 Å². The molecular formula is C19H23N3O4. The minimum atomic E-state index is -0.801. The molecule has 138 valence electrons. The van der Waals surface area contributed by atoms with Gasteiger partial charge in [0.25, 0.3) is 5.91 Å². The fourth-order valence-electron chi connectivity index (χ4n) is 3.97. The Kier molecular flexibility index (Phi) is 4.97. The van der Waals surface area contributed by atoms with E-state index in [4.69, 9.17) is 0 Å². The summed E-state index contributed by atoms with van der Waals surface area (Å²) in [5.41, 5.74) is 0.270. The fourth-order valence-corrected chi connectivity index (χ4v) is 3.97. The van der Waals surface area contributed by atoms with Gasteiger partial charge in [0.2, 0.25) is 0 Å². The van der Waals surface area contributed by atoms with Gasteiger partial charge in [0, 0.05) is 30.9 Å². The zero-order chi connectivity index (χ0) is 18.7. The molecule has 0 bridgehead atoms. The van der Waals surface area contributed by atoms with Crippen molar-refractivity contribution in [2.24, 2.45) is 11.3 Å². The quantitative estimate of drug-likeness (QED) is 0.704. The summed E-state index contributed by atoms with van der Waals surface area (Å²) in [5, 5.41) is 15.1. The first kappa shape index (κ1) is 18.0. The highest BCUT2D eigenvalue weighted by molar-refractivity contribution is 5.95. The van der Waals surface area contributed by atoms with Gasteiger partial charge in [-0.25, -0.2) is 4.79 Å². The second-order valence-electron chi connectivity index (χ2n) is 6.94. The van der Waals surface area contributed by atoms with E-state index in [0.29, 0.717) is 30.8 Å². The van der Waals surface area contributed by atoms with E-state index < -0.39 is 11.4 Å². The number of hydrogen-bond donors (Lipinski definition) is 3. The third-order valence-corrected chi connectivity index (χ3v) is 5.39. The van der Waals surface area contributed by atoms with Crippen LogP contribution in [0.4, 0.5) is 10.5 Å². The number of carbonyl (C=O) groups excluding carboxylic acids is 2. The van der Waals surface area contributed by atoms with Gasteiger partial charge < -0.3 is 20.6 Å². The van der Waals surface area contributed by atoms with E-state index in [1.807, 2.05) is 0 Å². The third kappa shape index (κ3) is 3.29. The average Bonchev–Trinajstić information content (AvgIpc) is 3.19. The largest absolute Gasteiger partial charge is 0.481 e. The highest BCUT2D eigenvalue weighted by Gasteiger charge is 2.55. The molecule has 0 radical (unpaired) electrons. The molecule has 3 rings (SSSR count). The highest BCUT2D eigenvalue weighted by Crippen LogP contribution is 2.48. The van der Waals surface area contributed by atoms with Crippen molar-refractivity contribution in [1.29, 1.82) is 0 Å². The molecule has 0 spiro atoms. The van der Waals surface area contributed by atoms with Crippen molar-refractivity contribution in [2.45, 2.75) is 19.3 Å². The van der Waals surface area contributed by atoms with Crippen molar-refractivity contribution in [2.75, 3.05) is 25.0 Å². The monoisotopic (exact) mass is 357 g/mol. The highest BCUT2D eigenvalue weighted by atomic mass is 16.4. The first-order valence-corrected chi connectivity index (χ1v) is 8.75. The molecule has 3 N–H and O–H groups in total. The van der Waals surface area contributed by atoms with Gasteiger partial charge in [-0.3, -0.25) is 9.59 Å². The topological polar surface area (TPSA) is 98.7 Å². The Balaban J connectivity index is 1.61. The molecule has 1 aliphatic carbocycles. The lowest BCUT2D eigenvalue weighted by Crippen LogP contribution is -2.38. The van der Waals surface area contributed by atoms with Crippen molar-refractivity contribution in [3.05, 3.63) is 42.5 Å². The molecule has 1 aliphatic heterocycles. The summed E-state index contributed by atoms with van der Waals surface area (Å²) in [6.07, 6.45) is 3.99. The molecular weight excluding hydrogens is 334 g/mol. The number of carboxylic acid groups (broad SMARTS) is 1. The Bertz CT molecular complexity index is 731. The first-order valence-electron chi connectivity index (χ1n) is 8.75. The summed E-state index contributed by atoms with van der Waals surface area (Å²) in [5.74, 6) is -0.981. The molecule has 1 aromatic carbocycles. The number of urea groups is 1. The maximum absolute atomic E-state index is 12.5. The number of aliphatic carboxylic acids is 1. The fraction of sp³-hybridized carbons (Fsp3) is 0.421. The number of anilines is 1. The van der Waals surface area contributed by atoms with Crippen LogP contribution in [0.5, 0.6) is 0 Å². The lowest BCUT2D eigenvalue weighted by molar-refractivity contribution is -0.149. The molecule has 7 heteroatoms. The molecule has 1 aromatic rings. The van der Waals surface area contributed by atoms with Crippen LogP contribution in [0.15, 0.2) is 36.9 Å². The maximum atomic E-state index is 12.5. The number of carbonyl (C=O) groups is 3. The summed E-state index contributed by atoms with van der Waals surface area (Å²) in [4.78, 5) is 37.6. The zero-order valence-corrected chi connectivity index (χ0v) is 14.5. The number of benzene rings is 1. The van der Waals surface area contributed by atoms with Crippen LogP contribution in [0.25, 0.3) is 0 Å². The van der Waals surface area contributed by atoms with Gasteiger partial charge in [0.15, 0.2) is 0 Å². The lowest BCUT2D eigenvalue weighted by Gasteiger charge is -2.23. The van der Waals surface area contributed by atoms with E-state index >= 15 is 0 Å². The first-order chi connectivity index (χ1) is 12.5. The van der Waals surface area contributed by atoms with Crippen LogP contribution in [0.3, 0.4) is 0 Å². The van der Waals surface area contributed by atoms with Gasteiger partial charge in [-0.1, -0.05) is 12.5 Å². The second-order valence-corrected chi connectivity index (χ2v) is 6.94. The smallest absolute Gasteiger partial charge is 0.321 e. The summed E-state index contributed by atoms with van der Waals surface area (Å²) in [6.45, 7) is 4.65. The van der Waals surface area contributed by atoms with Crippen LogP contribution in [-0.4, -0.2) is 47.5 Å². The molecule has 0 aromatic heterocycles. The third-order valence-electron chi connectivity index (χ3n) is 5.39. The Labute approximate surface area is 152 Å². The molecule has 2 atom stereocenters. The number of nitrogens with one attached hydrogen (secondary N) is 2. The molecule has 1 saturated heterocycles. The van der Waals surface area contributed by atoms with Crippen LogP contribution in [0.2, 0.25) is 0 Å². The number of carboxylic acids is 1. The van der Waals surface area contributed by atoms with E-state index in [-0.39, 0.29) is 24.4 Å². The van der Waals surface area contributed by atoms with Gasteiger partial charge >= 0.3 is 12.0 Å². The average molecular weight is 357 g/mol. The van der Waals surface area contributed by atoms with E-state index in [1.165, 1.54) is 0 Å². The SMILES string of the molecule is C=CCNC(=O)c1ccc(NC(=O)N2C[C@@H]3CCC[C@@]3(C(=O)O)C2)cc1. The minimum Gasteiger partial charge on any atom is -0.481 e. The molecule has 7 nitrogen and oxygen atoms in total. The molecule has 2 aliphatic rings. The Hall–Kier alpha value is -2.83. The minimum absolute atomic E-state index is 0.0293. The van der Waals surface area contributed by atoms with E-state index in [0.717, 1.165) is 12.8 Å². The number of nitrogens with zero attached hydrogens (tertiary/aromatic N) is 1. The van der Waals surface area contributed by atoms with Crippen molar-refractivity contribution in [3.63, 3.8) is 0 Å². The normalized spacial score (nSPS) is 24.0. The predicted octanol–water partition coefficient (Wildman–Crippen LogP) is 2.32. The Morgan fingerprint density at radius 1 is 1.31 bits per heavy atom. The van der Waals surface area contributed by atoms with Crippen LogP contribution in [-0.2, 0) is 4.79 Å². The molecule has 2 fully saturated rings. The molecule has 1 heterocycles. The molecule has 0 unspecified atom stereocenters. The van der Waals surface area contributed by atoms with Gasteiger partial charge in [-0.05, 0) is 43.0 Å².